The molecule has 1 aromatic heterocycles. The van der Waals surface area contributed by atoms with Gasteiger partial charge in [-0.15, -0.1) is 0 Å². The first-order valence-electron chi connectivity index (χ1n) is 9.85. The molecule has 0 unspecified atom stereocenters. The zero-order chi connectivity index (χ0) is 20.4. The van der Waals surface area contributed by atoms with Gasteiger partial charge >= 0.3 is 5.69 Å². The van der Waals surface area contributed by atoms with Gasteiger partial charge in [-0.25, -0.2) is 4.79 Å². The van der Waals surface area contributed by atoms with Crippen LogP contribution in [0.3, 0.4) is 0 Å². The van der Waals surface area contributed by atoms with E-state index in [4.69, 9.17) is 23.2 Å². The van der Waals surface area contributed by atoms with Crippen LogP contribution < -0.4 is 11.2 Å². The molecular formula is C23H22Cl2N2O2. The first kappa shape index (κ1) is 20.0. The molecule has 0 bridgehead atoms. The highest BCUT2D eigenvalue weighted by molar-refractivity contribution is 6.33. The minimum absolute atomic E-state index is 0.151. The maximum atomic E-state index is 12.6. The summed E-state index contributed by atoms with van der Waals surface area (Å²) in [7, 11) is 0. The van der Waals surface area contributed by atoms with Crippen LogP contribution in [0.4, 0.5) is 0 Å². The van der Waals surface area contributed by atoms with E-state index in [1.807, 2.05) is 6.07 Å². The summed E-state index contributed by atoms with van der Waals surface area (Å²) < 4.78 is 0. The van der Waals surface area contributed by atoms with Gasteiger partial charge in [0, 0.05) is 27.7 Å². The Balaban J connectivity index is 1.62. The molecule has 6 heteroatoms. The summed E-state index contributed by atoms with van der Waals surface area (Å²) >= 11 is 12.4. The van der Waals surface area contributed by atoms with Gasteiger partial charge in [-0.1, -0.05) is 53.5 Å². The molecule has 1 aliphatic rings. The lowest BCUT2D eigenvalue weighted by atomic mass is 9.76. The van der Waals surface area contributed by atoms with Crippen molar-refractivity contribution < 1.29 is 0 Å². The number of benzene rings is 2. The van der Waals surface area contributed by atoms with Crippen LogP contribution >= 0.6 is 23.2 Å². The maximum absolute atomic E-state index is 12.6. The van der Waals surface area contributed by atoms with E-state index in [2.05, 4.69) is 34.2 Å². The number of aromatic nitrogens is 2. The standard InChI is InChI=1S/C23H22Cl2N2O2/c24-18-10-11-20(25)17(12-18)13-19-21(26-23(29)27-22(19)28)16-8-6-15(7-9-16)14-4-2-1-3-5-14/h1-5,10-12,15-16H,6-9,13H2,(H2,26,27,28,29)/t15-,16-. The third kappa shape index (κ3) is 4.49. The molecule has 29 heavy (non-hydrogen) atoms. The Kier molecular flexibility index (Phi) is 5.93. The molecule has 1 fully saturated rings. The molecule has 2 N–H and O–H groups in total. The van der Waals surface area contributed by atoms with Crippen LogP contribution in [0.25, 0.3) is 0 Å². The molecule has 0 radical (unpaired) electrons. The number of nitrogens with one attached hydrogen (secondary N) is 2. The van der Waals surface area contributed by atoms with E-state index in [1.165, 1.54) is 5.56 Å². The van der Waals surface area contributed by atoms with Gasteiger partial charge in [-0.3, -0.25) is 9.78 Å². The van der Waals surface area contributed by atoms with Gasteiger partial charge in [0.1, 0.15) is 0 Å². The van der Waals surface area contributed by atoms with Crippen molar-refractivity contribution in [2.24, 2.45) is 0 Å². The summed E-state index contributed by atoms with van der Waals surface area (Å²) in [6.07, 6.45) is 4.24. The van der Waals surface area contributed by atoms with E-state index in [-0.39, 0.29) is 11.5 Å². The van der Waals surface area contributed by atoms with Crippen LogP contribution in [-0.2, 0) is 6.42 Å². The fourth-order valence-electron chi connectivity index (χ4n) is 4.36. The number of H-pyrrole nitrogens is 2. The van der Waals surface area contributed by atoms with E-state index in [9.17, 15) is 9.59 Å². The summed E-state index contributed by atoms with van der Waals surface area (Å²) in [5, 5.41) is 1.12. The van der Waals surface area contributed by atoms with Crippen LogP contribution in [0.1, 0.15) is 59.9 Å². The highest BCUT2D eigenvalue weighted by Gasteiger charge is 2.27. The molecule has 1 heterocycles. The molecule has 4 nitrogen and oxygen atoms in total. The quantitative estimate of drug-likeness (QED) is 0.583. The van der Waals surface area contributed by atoms with E-state index in [0.29, 0.717) is 27.9 Å². The van der Waals surface area contributed by atoms with Crippen LogP contribution in [0, 0.1) is 0 Å². The van der Waals surface area contributed by atoms with Crippen LogP contribution in [0.2, 0.25) is 10.0 Å². The van der Waals surface area contributed by atoms with Crippen molar-refractivity contribution in [3.63, 3.8) is 0 Å². The minimum atomic E-state index is -0.462. The highest BCUT2D eigenvalue weighted by atomic mass is 35.5. The number of aromatic amines is 2. The van der Waals surface area contributed by atoms with Crippen molar-refractivity contribution in [2.75, 3.05) is 0 Å². The van der Waals surface area contributed by atoms with Gasteiger partial charge in [0.2, 0.25) is 0 Å². The van der Waals surface area contributed by atoms with Gasteiger partial charge in [0.25, 0.3) is 5.56 Å². The summed E-state index contributed by atoms with van der Waals surface area (Å²) in [6.45, 7) is 0. The fraction of sp³-hybridized carbons (Fsp3) is 0.304. The topological polar surface area (TPSA) is 65.7 Å². The normalized spacial score (nSPS) is 19.2. The van der Waals surface area contributed by atoms with Gasteiger partial charge in [0.15, 0.2) is 0 Å². The summed E-state index contributed by atoms with van der Waals surface area (Å²) in [5.74, 6) is 0.671. The van der Waals surface area contributed by atoms with E-state index in [0.717, 1.165) is 36.9 Å². The van der Waals surface area contributed by atoms with Crippen molar-refractivity contribution in [2.45, 2.75) is 43.9 Å². The number of rotatable bonds is 4. The predicted octanol–water partition coefficient (Wildman–Crippen LogP) is 5.40. The Labute approximate surface area is 178 Å². The van der Waals surface area contributed by atoms with E-state index < -0.39 is 5.69 Å². The third-order valence-electron chi connectivity index (χ3n) is 5.86. The number of hydrogen-bond acceptors (Lipinski definition) is 2. The second-order valence-electron chi connectivity index (χ2n) is 7.67. The second-order valence-corrected chi connectivity index (χ2v) is 8.52. The Hall–Kier alpha value is -2.30. The summed E-state index contributed by atoms with van der Waals surface area (Å²) in [5.41, 5.74) is 2.62. The third-order valence-corrected chi connectivity index (χ3v) is 6.46. The van der Waals surface area contributed by atoms with Gasteiger partial charge in [-0.05, 0) is 66.8 Å². The molecule has 3 aromatic rings. The Bertz CT molecular complexity index is 1110. The average Bonchev–Trinajstić information content (AvgIpc) is 2.73. The SMILES string of the molecule is O=c1[nH]c(=O)c(Cc2cc(Cl)ccc2Cl)c([C@H]2CC[C@H](c3ccccc3)CC2)[nH]1. The van der Waals surface area contributed by atoms with Gasteiger partial charge in [-0.2, -0.15) is 0 Å². The summed E-state index contributed by atoms with van der Waals surface area (Å²) in [6, 6.07) is 15.7. The monoisotopic (exact) mass is 428 g/mol. The largest absolute Gasteiger partial charge is 0.325 e. The van der Waals surface area contributed by atoms with Crippen molar-refractivity contribution in [3.05, 3.63) is 102 Å². The lowest BCUT2D eigenvalue weighted by Crippen LogP contribution is -2.30. The van der Waals surface area contributed by atoms with Crippen molar-refractivity contribution >= 4 is 23.2 Å². The molecule has 0 amide bonds. The van der Waals surface area contributed by atoms with Crippen molar-refractivity contribution in [1.29, 1.82) is 0 Å². The smallest absolute Gasteiger partial charge is 0.311 e. The fourth-order valence-corrected chi connectivity index (χ4v) is 4.74. The van der Waals surface area contributed by atoms with Crippen LogP contribution in [0.15, 0.2) is 58.1 Å². The summed E-state index contributed by atoms with van der Waals surface area (Å²) in [4.78, 5) is 29.9. The van der Waals surface area contributed by atoms with Crippen LogP contribution in [0.5, 0.6) is 0 Å². The Morgan fingerprint density at radius 2 is 1.55 bits per heavy atom. The second kappa shape index (κ2) is 8.60. The van der Waals surface area contributed by atoms with E-state index in [1.54, 1.807) is 18.2 Å². The zero-order valence-electron chi connectivity index (χ0n) is 15.9. The minimum Gasteiger partial charge on any atom is -0.311 e. The molecule has 0 saturated heterocycles. The lowest BCUT2D eigenvalue weighted by Gasteiger charge is -2.29. The van der Waals surface area contributed by atoms with Crippen molar-refractivity contribution in [3.8, 4) is 0 Å². The molecule has 1 aliphatic carbocycles. The van der Waals surface area contributed by atoms with Crippen molar-refractivity contribution in [1.82, 2.24) is 9.97 Å². The first-order valence-corrected chi connectivity index (χ1v) is 10.6. The lowest BCUT2D eigenvalue weighted by molar-refractivity contribution is 0.388. The Morgan fingerprint density at radius 1 is 0.862 bits per heavy atom. The first-order chi connectivity index (χ1) is 14.0. The highest BCUT2D eigenvalue weighted by Crippen LogP contribution is 2.40. The van der Waals surface area contributed by atoms with Crippen LogP contribution in [-0.4, -0.2) is 9.97 Å². The molecule has 4 rings (SSSR count). The molecule has 0 aliphatic heterocycles. The van der Waals surface area contributed by atoms with Gasteiger partial charge < -0.3 is 4.98 Å². The van der Waals surface area contributed by atoms with E-state index >= 15 is 0 Å². The molecule has 0 spiro atoms. The number of hydrogen-bond donors (Lipinski definition) is 2. The number of halogens is 2. The predicted molar refractivity (Wildman–Crippen MR) is 117 cm³/mol. The molecule has 1 saturated carbocycles. The molecule has 150 valence electrons. The van der Waals surface area contributed by atoms with Gasteiger partial charge in [0.05, 0.1) is 0 Å². The average molecular weight is 429 g/mol. The zero-order valence-corrected chi connectivity index (χ0v) is 17.4. The molecular weight excluding hydrogens is 407 g/mol. The maximum Gasteiger partial charge on any atom is 0.325 e. The Morgan fingerprint density at radius 3 is 2.28 bits per heavy atom. The molecule has 0 atom stereocenters. The molecule has 2 aromatic carbocycles.